The molecular formula is C9H14N6O3. The van der Waals surface area contributed by atoms with Gasteiger partial charge in [-0.25, -0.2) is 15.0 Å². The van der Waals surface area contributed by atoms with Gasteiger partial charge in [-0.1, -0.05) is 0 Å². The number of carbonyl (C=O) groups excluding carboxylic acids is 3. The van der Waals surface area contributed by atoms with Gasteiger partial charge in [-0.2, -0.15) is 5.10 Å². The molecule has 2 atom stereocenters. The number of rotatable bonds is 3. The van der Waals surface area contributed by atoms with E-state index >= 15 is 0 Å². The predicted octanol–water partition coefficient (Wildman–Crippen LogP) is -1.51. The number of fused-ring (bicyclic) bond motifs is 1. The molecular weight excluding hydrogens is 240 g/mol. The molecule has 0 aromatic heterocycles. The molecule has 0 radical (unpaired) electrons. The molecule has 2 fully saturated rings. The van der Waals surface area contributed by atoms with Crippen molar-refractivity contribution in [3.05, 3.63) is 0 Å². The number of hydrogen-bond donors (Lipinski definition) is 4. The summed E-state index contributed by atoms with van der Waals surface area (Å²) in [5.41, 5.74) is 3.01. The molecule has 0 spiro atoms. The van der Waals surface area contributed by atoms with Gasteiger partial charge in [-0.3, -0.25) is 9.69 Å². The second kappa shape index (κ2) is 4.51. The second-order valence-electron chi connectivity index (χ2n) is 4.21. The minimum Gasteiger partial charge on any atom is -0.314 e. The fourth-order valence-electron chi connectivity index (χ4n) is 1.73. The van der Waals surface area contributed by atoms with Gasteiger partial charge in [-0.05, 0) is 13.8 Å². The Balaban J connectivity index is 1.96. The second-order valence-corrected chi connectivity index (χ2v) is 4.21. The van der Waals surface area contributed by atoms with E-state index < -0.39 is 24.3 Å². The van der Waals surface area contributed by atoms with E-state index in [0.717, 1.165) is 0 Å². The van der Waals surface area contributed by atoms with Crippen molar-refractivity contribution in [1.82, 2.24) is 26.3 Å². The first kappa shape index (κ1) is 12.1. The first-order chi connectivity index (χ1) is 8.47. The molecule has 18 heavy (non-hydrogen) atoms. The van der Waals surface area contributed by atoms with E-state index in [1.807, 2.05) is 0 Å². The highest BCUT2D eigenvalue weighted by Crippen LogP contribution is 2.13. The Kier molecular flexibility index (Phi) is 3.04. The molecule has 2 rings (SSSR count). The van der Waals surface area contributed by atoms with E-state index in [9.17, 15) is 14.4 Å². The predicted molar refractivity (Wildman–Crippen MR) is 61.4 cm³/mol. The van der Waals surface area contributed by atoms with E-state index in [0.29, 0.717) is 5.71 Å². The summed E-state index contributed by atoms with van der Waals surface area (Å²) in [5.74, 6) is -0.423. The lowest BCUT2D eigenvalue weighted by molar-refractivity contribution is -0.121. The fraction of sp³-hybridized carbons (Fsp3) is 0.556. The number of nitrogens with zero attached hydrogens (tertiary/aromatic N) is 2. The lowest BCUT2D eigenvalue weighted by Gasteiger charge is -2.19. The largest absolute Gasteiger partial charge is 0.321 e. The topological polar surface area (TPSA) is 115 Å². The van der Waals surface area contributed by atoms with E-state index in [1.165, 1.54) is 4.90 Å². The van der Waals surface area contributed by atoms with Gasteiger partial charge in [0.1, 0.15) is 18.9 Å². The molecule has 5 amide bonds. The van der Waals surface area contributed by atoms with Crippen LogP contribution in [0, 0.1) is 0 Å². The van der Waals surface area contributed by atoms with Crippen molar-refractivity contribution < 1.29 is 14.4 Å². The van der Waals surface area contributed by atoms with E-state index in [-0.39, 0.29) is 12.6 Å². The molecule has 2 heterocycles. The summed E-state index contributed by atoms with van der Waals surface area (Å²) in [6, 6.07) is -0.789. The first-order valence-corrected chi connectivity index (χ1v) is 5.41. The molecule has 0 bridgehead atoms. The average Bonchev–Trinajstić information content (AvgIpc) is 2.74. The lowest BCUT2D eigenvalue weighted by Crippen LogP contribution is -2.47. The van der Waals surface area contributed by atoms with Crippen LogP contribution in [-0.2, 0) is 4.79 Å². The molecule has 4 N–H and O–H groups in total. The van der Waals surface area contributed by atoms with Gasteiger partial charge in [0.05, 0.1) is 0 Å². The number of hydrazone groups is 1. The number of amides is 5. The summed E-state index contributed by atoms with van der Waals surface area (Å²) in [6.45, 7) is 3.30. The highest BCUT2D eigenvalue weighted by atomic mass is 16.2. The quantitative estimate of drug-likeness (QED) is 0.362. The van der Waals surface area contributed by atoms with Crippen molar-refractivity contribution in [2.45, 2.75) is 26.2 Å². The fourth-order valence-corrected chi connectivity index (χ4v) is 1.73. The minimum atomic E-state index is -0.553. The van der Waals surface area contributed by atoms with Gasteiger partial charge in [0.25, 0.3) is 5.91 Å². The smallest absolute Gasteiger partial charge is 0.314 e. The zero-order valence-corrected chi connectivity index (χ0v) is 9.98. The minimum absolute atomic E-state index is 0.175. The summed E-state index contributed by atoms with van der Waals surface area (Å²) in [6.07, 6.45) is -1.06. The van der Waals surface area contributed by atoms with Crippen molar-refractivity contribution in [3.8, 4) is 0 Å². The molecule has 2 saturated heterocycles. The zero-order valence-electron chi connectivity index (χ0n) is 9.98. The van der Waals surface area contributed by atoms with Gasteiger partial charge >= 0.3 is 12.1 Å². The van der Waals surface area contributed by atoms with Crippen molar-refractivity contribution >= 4 is 23.7 Å². The van der Waals surface area contributed by atoms with Crippen LogP contribution >= 0.6 is 0 Å². The molecule has 0 aliphatic carbocycles. The van der Waals surface area contributed by atoms with Crippen molar-refractivity contribution in [2.24, 2.45) is 5.10 Å². The Morgan fingerprint density at radius 1 is 1.33 bits per heavy atom. The van der Waals surface area contributed by atoms with Gasteiger partial charge in [-0.15, -0.1) is 0 Å². The van der Waals surface area contributed by atoms with Crippen LogP contribution in [0.2, 0.25) is 0 Å². The molecule has 98 valence electrons. The molecule has 0 aromatic carbocycles. The van der Waals surface area contributed by atoms with Gasteiger partial charge in [0, 0.05) is 5.71 Å². The van der Waals surface area contributed by atoms with Gasteiger partial charge < -0.3 is 16.0 Å². The van der Waals surface area contributed by atoms with Crippen LogP contribution in [0.3, 0.4) is 0 Å². The Bertz CT molecular complexity index is 430. The van der Waals surface area contributed by atoms with Crippen molar-refractivity contribution in [1.29, 1.82) is 0 Å². The standard InChI is InChI=1S/C9H14N6O3/c1-4(2)13-14-5(16)3-15-7-6(11-9(15)18)10-8(17)12-7/h6-7H,3H2,1-2H3,(H,11,18)(H,14,16)(H2,10,12,17)/t6-,7-/m0/s1. The van der Waals surface area contributed by atoms with Crippen molar-refractivity contribution in [3.63, 3.8) is 0 Å². The van der Waals surface area contributed by atoms with Gasteiger partial charge in [0.15, 0.2) is 0 Å². The van der Waals surface area contributed by atoms with Crippen LogP contribution in [0.15, 0.2) is 5.10 Å². The van der Waals surface area contributed by atoms with Crippen LogP contribution < -0.4 is 21.4 Å². The Morgan fingerprint density at radius 2 is 2.06 bits per heavy atom. The summed E-state index contributed by atoms with van der Waals surface area (Å²) < 4.78 is 0. The molecule has 9 heteroatoms. The maximum atomic E-state index is 11.6. The molecule has 0 saturated carbocycles. The van der Waals surface area contributed by atoms with Crippen LogP contribution in [0.1, 0.15) is 13.8 Å². The number of hydrogen-bond acceptors (Lipinski definition) is 4. The third kappa shape index (κ3) is 2.34. The van der Waals surface area contributed by atoms with Crippen LogP contribution in [0.5, 0.6) is 0 Å². The van der Waals surface area contributed by atoms with E-state index in [2.05, 4.69) is 26.5 Å². The maximum absolute atomic E-state index is 11.6. The third-order valence-corrected chi connectivity index (χ3v) is 2.48. The average molecular weight is 254 g/mol. The number of urea groups is 2. The highest BCUT2D eigenvalue weighted by molar-refractivity contribution is 5.89. The third-order valence-electron chi connectivity index (χ3n) is 2.48. The molecule has 9 nitrogen and oxygen atoms in total. The summed E-state index contributed by atoms with van der Waals surface area (Å²) in [7, 11) is 0. The van der Waals surface area contributed by atoms with Crippen molar-refractivity contribution in [2.75, 3.05) is 6.54 Å². The number of nitrogens with one attached hydrogen (secondary N) is 4. The zero-order chi connectivity index (χ0) is 13.3. The highest BCUT2D eigenvalue weighted by Gasteiger charge is 2.45. The van der Waals surface area contributed by atoms with E-state index in [1.54, 1.807) is 13.8 Å². The normalized spacial score (nSPS) is 24.9. The van der Waals surface area contributed by atoms with Crippen LogP contribution in [0.4, 0.5) is 9.59 Å². The molecule has 0 aromatic rings. The Labute approximate surface area is 103 Å². The van der Waals surface area contributed by atoms with E-state index in [4.69, 9.17) is 0 Å². The SMILES string of the molecule is CC(C)=NNC(=O)CN1C(=O)N[C@@H]2NC(=O)N[C@H]21. The van der Waals surface area contributed by atoms with Crippen LogP contribution in [0.25, 0.3) is 0 Å². The lowest BCUT2D eigenvalue weighted by atomic mass is 10.4. The summed E-state index contributed by atoms with van der Waals surface area (Å²) in [5, 5.41) is 11.4. The molecule has 2 aliphatic rings. The first-order valence-electron chi connectivity index (χ1n) is 5.41. The Hall–Kier alpha value is -2.32. The maximum Gasteiger partial charge on any atom is 0.321 e. The van der Waals surface area contributed by atoms with Crippen LogP contribution in [-0.4, -0.2) is 47.5 Å². The summed E-state index contributed by atoms with van der Waals surface area (Å²) >= 11 is 0. The van der Waals surface area contributed by atoms with Gasteiger partial charge in [0.2, 0.25) is 0 Å². The monoisotopic (exact) mass is 254 g/mol. The molecule has 2 aliphatic heterocycles. The summed E-state index contributed by atoms with van der Waals surface area (Å²) in [4.78, 5) is 35.4. The Morgan fingerprint density at radius 3 is 2.72 bits per heavy atom. The number of carbonyl (C=O) groups is 3. The molecule has 0 unspecified atom stereocenters.